The monoisotopic (exact) mass is 379 g/mol. The lowest BCUT2D eigenvalue weighted by Gasteiger charge is -2.29. The standard InChI is InChI=1S/C18H25N3O4S/c22-16(23)3-8-20-17(24)15-11-13-14(26-15)5-10-21(18(13)25)9-4-12-1-6-19-7-2-12/h11-12,19H,1-10H2,(H,20,24)(H,22,23). The van der Waals surface area contributed by atoms with Crippen LogP contribution in [0.2, 0.25) is 0 Å². The lowest BCUT2D eigenvalue weighted by Crippen LogP contribution is -2.39. The Hall–Kier alpha value is -1.93. The number of hydrogen-bond donors (Lipinski definition) is 3. The molecular weight excluding hydrogens is 354 g/mol. The molecule has 1 aromatic heterocycles. The number of amides is 2. The molecule has 0 aliphatic carbocycles. The van der Waals surface area contributed by atoms with Crippen LogP contribution < -0.4 is 10.6 Å². The van der Waals surface area contributed by atoms with Crippen LogP contribution in [-0.2, 0) is 11.2 Å². The van der Waals surface area contributed by atoms with E-state index < -0.39 is 5.97 Å². The molecule has 2 aliphatic rings. The Labute approximate surface area is 156 Å². The molecule has 0 aromatic carbocycles. The van der Waals surface area contributed by atoms with Crippen molar-refractivity contribution in [3.05, 3.63) is 21.4 Å². The molecule has 8 heteroatoms. The molecule has 0 radical (unpaired) electrons. The summed E-state index contributed by atoms with van der Waals surface area (Å²) in [5, 5.41) is 14.6. The van der Waals surface area contributed by atoms with Gasteiger partial charge in [-0.1, -0.05) is 0 Å². The average Bonchev–Trinajstić information content (AvgIpc) is 3.07. The quantitative estimate of drug-likeness (QED) is 0.664. The Bertz CT molecular complexity index is 682. The van der Waals surface area contributed by atoms with E-state index in [1.165, 1.54) is 24.2 Å². The van der Waals surface area contributed by atoms with Gasteiger partial charge in [-0.05, 0) is 44.3 Å². The average molecular weight is 379 g/mol. The molecule has 0 unspecified atom stereocenters. The van der Waals surface area contributed by atoms with Crippen LogP contribution >= 0.6 is 11.3 Å². The van der Waals surface area contributed by atoms with E-state index in [-0.39, 0.29) is 24.8 Å². The van der Waals surface area contributed by atoms with Gasteiger partial charge in [0.2, 0.25) is 0 Å². The first-order chi connectivity index (χ1) is 12.5. The maximum Gasteiger partial charge on any atom is 0.305 e. The van der Waals surface area contributed by atoms with Crippen LogP contribution in [-0.4, -0.2) is 60.5 Å². The number of hydrogen-bond acceptors (Lipinski definition) is 5. The Kier molecular flexibility index (Phi) is 6.26. The van der Waals surface area contributed by atoms with Crippen LogP contribution in [0.5, 0.6) is 0 Å². The summed E-state index contributed by atoms with van der Waals surface area (Å²) < 4.78 is 0. The van der Waals surface area contributed by atoms with Crippen molar-refractivity contribution in [3.8, 4) is 0 Å². The molecule has 1 saturated heterocycles. The van der Waals surface area contributed by atoms with Gasteiger partial charge >= 0.3 is 5.97 Å². The molecule has 0 spiro atoms. The molecule has 2 aliphatic heterocycles. The van der Waals surface area contributed by atoms with Gasteiger partial charge in [-0.2, -0.15) is 0 Å². The topological polar surface area (TPSA) is 98.7 Å². The van der Waals surface area contributed by atoms with Crippen molar-refractivity contribution in [2.24, 2.45) is 5.92 Å². The SMILES string of the molecule is O=C(O)CCNC(=O)c1cc2c(s1)CCN(CCC1CCNCC1)C2=O. The second-order valence-electron chi connectivity index (χ2n) is 6.87. The molecule has 3 rings (SSSR count). The van der Waals surface area contributed by atoms with Crippen molar-refractivity contribution in [2.75, 3.05) is 32.7 Å². The summed E-state index contributed by atoms with van der Waals surface area (Å²) in [6.07, 6.45) is 4.05. The number of nitrogens with one attached hydrogen (secondary N) is 2. The highest BCUT2D eigenvalue weighted by Crippen LogP contribution is 2.29. The lowest BCUT2D eigenvalue weighted by atomic mass is 9.94. The van der Waals surface area contributed by atoms with Gasteiger partial charge in [0.15, 0.2) is 0 Å². The van der Waals surface area contributed by atoms with E-state index >= 15 is 0 Å². The minimum atomic E-state index is -0.949. The number of rotatable bonds is 7. The van der Waals surface area contributed by atoms with Crippen molar-refractivity contribution in [3.63, 3.8) is 0 Å². The van der Waals surface area contributed by atoms with E-state index in [1.807, 2.05) is 4.90 Å². The van der Waals surface area contributed by atoms with E-state index in [0.717, 1.165) is 37.4 Å². The number of nitrogens with zero attached hydrogens (tertiary/aromatic N) is 1. The zero-order chi connectivity index (χ0) is 18.5. The van der Waals surface area contributed by atoms with E-state index in [4.69, 9.17) is 5.11 Å². The van der Waals surface area contributed by atoms with E-state index in [9.17, 15) is 14.4 Å². The Morgan fingerprint density at radius 1 is 1.35 bits per heavy atom. The third-order valence-corrected chi connectivity index (χ3v) is 6.24. The second kappa shape index (κ2) is 8.64. The third kappa shape index (κ3) is 4.62. The molecule has 1 fully saturated rings. The molecule has 7 nitrogen and oxygen atoms in total. The first-order valence-electron chi connectivity index (χ1n) is 9.17. The summed E-state index contributed by atoms with van der Waals surface area (Å²) in [5.41, 5.74) is 0.634. The van der Waals surface area contributed by atoms with Crippen LogP contribution in [0.3, 0.4) is 0 Å². The van der Waals surface area contributed by atoms with Crippen molar-refractivity contribution in [2.45, 2.75) is 32.1 Å². The Morgan fingerprint density at radius 2 is 2.12 bits per heavy atom. The number of piperidine rings is 1. The summed E-state index contributed by atoms with van der Waals surface area (Å²) in [7, 11) is 0. The molecule has 1 aromatic rings. The van der Waals surface area contributed by atoms with Gasteiger partial charge in [0.1, 0.15) is 0 Å². The highest BCUT2D eigenvalue weighted by molar-refractivity contribution is 7.14. The van der Waals surface area contributed by atoms with Gasteiger partial charge in [0.25, 0.3) is 11.8 Å². The fourth-order valence-electron chi connectivity index (χ4n) is 3.51. The summed E-state index contributed by atoms with van der Waals surface area (Å²) in [5.74, 6) is -0.556. The van der Waals surface area contributed by atoms with E-state index in [0.29, 0.717) is 22.9 Å². The number of carboxylic acid groups (broad SMARTS) is 1. The highest BCUT2D eigenvalue weighted by Gasteiger charge is 2.28. The molecule has 0 saturated carbocycles. The van der Waals surface area contributed by atoms with Crippen molar-refractivity contribution >= 4 is 29.1 Å². The molecular formula is C18H25N3O4S. The number of carboxylic acids is 1. The predicted molar refractivity (Wildman–Crippen MR) is 98.7 cm³/mol. The molecule has 142 valence electrons. The number of aliphatic carboxylic acids is 1. The van der Waals surface area contributed by atoms with Gasteiger partial charge in [-0.3, -0.25) is 14.4 Å². The largest absolute Gasteiger partial charge is 0.481 e. The zero-order valence-electron chi connectivity index (χ0n) is 14.8. The Balaban J connectivity index is 1.56. The first-order valence-corrected chi connectivity index (χ1v) is 9.99. The molecule has 0 atom stereocenters. The normalized spacial score (nSPS) is 17.8. The van der Waals surface area contributed by atoms with E-state index in [2.05, 4.69) is 10.6 Å². The van der Waals surface area contributed by atoms with Crippen LogP contribution in [0.15, 0.2) is 6.07 Å². The van der Waals surface area contributed by atoms with E-state index in [1.54, 1.807) is 6.07 Å². The molecule has 2 amide bonds. The lowest BCUT2D eigenvalue weighted by molar-refractivity contribution is -0.136. The van der Waals surface area contributed by atoms with Crippen molar-refractivity contribution < 1.29 is 19.5 Å². The summed E-state index contributed by atoms with van der Waals surface area (Å²) in [6, 6.07) is 1.66. The number of fused-ring (bicyclic) bond motifs is 1. The summed E-state index contributed by atoms with van der Waals surface area (Å²) >= 11 is 1.34. The van der Waals surface area contributed by atoms with Crippen LogP contribution in [0, 0.1) is 5.92 Å². The predicted octanol–water partition coefficient (Wildman–Crippen LogP) is 1.34. The van der Waals surface area contributed by atoms with Gasteiger partial charge in [0, 0.05) is 30.9 Å². The third-order valence-electron chi connectivity index (χ3n) is 5.05. The molecule has 3 heterocycles. The van der Waals surface area contributed by atoms with Gasteiger partial charge in [-0.15, -0.1) is 11.3 Å². The minimum absolute atomic E-state index is 0.0148. The maximum atomic E-state index is 12.7. The van der Waals surface area contributed by atoms with Gasteiger partial charge in [0.05, 0.1) is 16.9 Å². The van der Waals surface area contributed by atoms with Gasteiger partial charge in [-0.25, -0.2) is 0 Å². The minimum Gasteiger partial charge on any atom is -0.481 e. The van der Waals surface area contributed by atoms with Crippen molar-refractivity contribution in [1.82, 2.24) is 15.5 Å². The highest BCUT2D eigenvalue weighted by atomic mass is 32.1. The number of thiophene rings is 1. The first kappa shape index (κ1) is 18.8. The fraction of sp³-hybridized carbons (Fsp3) is 0.611. The maximum absolute atomic E-state index is 12.7. The molecule has 3 N–H and O–H groups in total. The van der Waals surface area contributed by atoms with Gasteiger partial charge < -0.3 is 20.6 Å². The number of carbonyl (C=O) groups is 3. The molecule has 0 bridgehead atoms. The zero-order valence-corrected chi connectivity index (χ0v) is 15.6. The second-order valence-corrected chi connectivity index (χ2v) is 8.01. The fourth-order valence-corrected chi connectivity index (χ4v) is 4.56. The molecule has 26 heavy (non-hydrogen) atoms. The van der Waals surface area contributed by atoms with Crippen LogP contribution in [0.1, 0.15) is 50.6 Å². The van der Waals surface area contributed by atoms with Crippen LogP contribution in [0.25, 0.3) is 0 Å². The van der Waals surface area contributed by atoms with Crippen molar-refractivity contribution in [1.29, 1.82) is 0 Å². The Morgan fingerprint density at radius 3 is 2.85 bits per heavy atom. The summed E-state index contributed by atoms with van der Waals surface area (Å²) in [4.78, 5) is 38.8. The smallest absolute Gasteiger partial charge is 0.305 e. The van der Waals surface area contributed by atoms with Crippen LogP contribution in [0.4, 0.5) is 0 Å². The summed E-state index contributed by atoms with van der Waals surface area (Å²) in [6.45, 7) is 3.70. The number of carbonyl (C=O) groups excluding carboxylic acids is 2.